The van der Waals surface area contributed by atoms with E-state index in [9.17, 15) is 4.57 Å². The van der Waals surface area contributed by atoms with Gasteiger partial charge in [0.05, 0.1) is 4.88 Å². The highest BCUT2D eigenvalue weighted by Gasteiger charge is 2.42. The Morgan fingerprint density at radius 1 is 1.16 bits per heavy atom. The summed E-state index contributed by atoms with van der Waals surface area (Å²) in [5.41, 5.74) is 1.34. The zero-order valence-electron chi connectivity index (χ0n) is 12.0. The molecule has 0 amide bonds. The average molecular weight is 293 g/mol. The van der Waals surface area contributed by atoms with Crippen LogP contribution in [0.5, 0.6) is 0 Å². The van der Waals surface area contributed by atoms with E-state index in [1.54, 1.807) is 0 Å². The molecule has 2 aromatic rings. The van der Waals surface area contributed by atoms with Crippen LogP contribution in [0.25, 0.3) is 10.1 Å². The zero-order chi connectivity index (χ0) is 13.9. The Morgan fingerprint density at radius 2 is 1.79 bits per heavy atom. The summed E-state index contributed by atoms with van der Waals surface area (Å²) in [6.45, 7) is 6.56. The molecule has 2 rings (SSSR count). The summed E-state index contributed by atoms with van der Waals surface area (Å²) in [5.74, 6) is 0. The van der Waals surface area contributed by atoms with Gasteiger partial charge in [0, 0.05) is 17.5 Å². The van der Waals surface area contributed by atoms with Crippen LogP contribution < -0.4 is 0 Å². The molecule has 3 heteroatoms. The zero-order valence-corrected chi connectivity index (χ0v) is 13.8. The van der Waals surface area contributed by atoms with E-state index in [1.807, 2.05) is 11.3 Å². The molecule has 1 nitrogen and oxygen atoms in total. The lowest BCUT2D eigenvalue weighted by Gasteiger charge is -2.19. The molecule has 19 heavy (non-hydrogen) atoms. The van der Waals surface area contributed by atoms with Gasteiger partial charge < -0.3 is 0 Å². The predicted molar refractivity (Wildman–Crippen MR) is 87.1 cm³/mol. The SMILES string of the molecule is CCCC(CCC)([PH+]=O)c1sc2ccccc2c1C. The minimum atomic E-state index is -0.248. The maximum atomic E-state index is 12.0. The highest BCUT2D eigenvalue weighted by molar-refractivity contribution is 7.28. The summed E-state index contributed by atoms with van der Waals surface area (Å²) >= 11 is 1.84. The molecule has 0 spiro atoms. The van der Waals surface area contributed by atoms with E-state index < -0.39 is 0 Å². The molecule has 0 aliphatic heterocycles. The van der Waals surface area contributed by atoms with Crippen LogP contribution in [-0.4, -0.2) is 0 Å². The van der Waals surface area contributed by atoms with Crippen LogP contribution in [-0.2, 0) is 9.72 Å². The van der Waals surface area contributed by atoms with Crippen molar-refractivity contribution in [3.63, 3.8) is 0 Å². The normalized spacial score (nSPS) is 12.4. The smallest absolute Gasteiger partial charge is 0.135 e. The molecule has 1 heterocycles. The molecule has 0 aliphatic rings. The van der Waals surface area contributed by atoms with Gasteiger partial charge in [-0.3, -0.25) is 0 Å². The second kappa shape index (κ2) is 6.15. The topological polar surface area (TPSA) is 17.1 Å². The van der Waals surface area contributed by atoms with Crippen LogP contribution >= 0.6 is 19.8 Å². The number of benzene rings is 1. The van der Waals surface area contributed by atoms with E-state index in [2.05, 4.69) is 45.0 Å². The van der Waals surface area contributed by atoms with E-state index in [-0.39, 0.29) is 13.6 Å². The molecule has 0 N–H and O–H groups in total. The van der Waals surface area contributed by atoms with Crippen molar-refractivity contribution in [1.29, 1.82) is 0 Å². The van der Waals surface area contributed by atoms with E-state index in [1.165, 1.54) is 20.5 Å². The lowest BCUT2D eigenvalue weighted by Crippen LogP contribution is -2.18. The van der Waals surface area contributed by atoms with Crippen molar-refractivity contribution in [3.05, 3.63) is 34.7 Å². The van der Waals surface area contributed by atoms with Crippen molar-refractivity contribution in [1.82, 2.24) is 0 Å². The molecule has 0 radical (unpaired) electrons. The standard InChI is InChI=1S/C16H21OPS/c1-4-10-16(18-17,11-5-2)15-12(3)13-8-6-7-9-14(13)19-15/h6-9H,4-5,10-11H2,1-3H3/p+1. The summed E-state index contributed by atoms with van der Waals surface area (Å²) in [6.07, 6.45) is 4.22. The Hall–Kier alpha value is -0.720. The molecular formula is C16H22OPS+. The maximum Gasteiger partial charge on any atom is 0.336 e. The Balaban J connectivity index is 2.61. The molecule has 1 aromatic heterocycles. The molecule has 0 saturated heterocycles. The second-order valence-corrected chi connectivity index (χ2v) is 7.45. The van der Waals surface area contributed by atoms with Crippen LogP contribution in [0.15, 0.2) is 24.3 Å². The maximum absolute atomic E-state index is 12.0. The first-order valence-electron chi connectivity index (χ1n) is 7.06. The Labute approximate surface area is 121 Å². The molecule has 0 saturated carbocycles. The number of thiophene rings is 1. The lowest BCUT2D eigenvalue weighted by atomic mass is 9.92. The third-order valence-corrected chi connectivity index (χ3v) is 6.63. The van der Waals surface area contributed by atoms with E-state index >= 15 is 0 Å². The lowest BCUT2D eigenvalue weighted by molar-refractivity contribution is 0.483. The fourth-order valence-corrected chi connectivity index (χ4v) is 5.61. The van der Waals surface area contributed by atoms with Gasteiger partial charge in [-0.05, 0) is 23.9 Å². The quantitative estimate of drug-likeness (QED) is 0.594. The highest BCUT2D eigenvalue weighted by Crippen LogP contribution is 2.49. The Bertz CT molecular complexity index is 567. The predicted octanol–water partition coefficient (Wildman–Crippen LogP) is 6.03. The molecule has 0 bridgehead atoms. The number of hydrogen-bond acceptors (Lipinski definition) is 2. The minimum Gasteiger partial charge on any atom is -0.135 e. The summed E-state index contributed by atoms with van der Waals surface area (Å²) in [5, 5.41) is 1.22. The van der Waals surface area contributed by atoms with Gasteiger partial charge in [-0.1, -0.05) is 49.5 Å². The number of fused-ring (bicyclic) bond motifs is 1. The van der Waals surface area contributed by atoms with Crippen molar-refractivity contribution in [2.45, 2.75) is 51.6 Å². The van der Waals surface area contributed by atoms with Gasteiger partial charge in [0.25, 0.3) is 0 Å². The van der Waals surface area contributed by atoms with Gasteiger partial charge in [0.2, 0.25) is 0 Å². The van der Waals surface area contributed by atoms with Crippen molar-refractivity contribution in [2.24, 2.45) is 0 Å². The van der Waals surface area contributed by atoms with Gasteiger partial charge in [-0.15, -0.1) is 11.3 Å². The van der Waals surface area contributed by atoms with Crippen molar-refractivity contribution < 1.29 is 4.57 Å². The van der Waals surface area contributed by atoms with Crippen molar-refractivity contribution in [2.75, 3.05) is 0 Å². The summed E-state index contributed by atoms with van der Waals surface area (Å²) < 4.78 is 13.3. The molecule has 0 fully saturated rings. The summed E-state index contributed by atoms with van der Waals surface area (Å²) in [4.78, 5) is 1.35. The van der Waals surface area contributed by atoms with Crippen molar-refractivity contribution >= 4 is 29.9 Å². The van der Waals surface area contributed by atoms with E-state index in [4.69, 9.17) is 0 Å². The molecule has 1 atom stereocenters. The van der Waals surface area contributed by atoms with Crippen molar-refractivity contribution in [3.8, 4) is 0 Å². The molecule has 102 valence electrons. The second-order valence-electron chi connectivity index (χ2n) is 5.24. The van der Waals surface area contributed by atoms with Crippen LogP contribution in [0.4, 0.5) is 0 Å². The average Bonchev–Trinajstić information content (AvgIpc) is 2.77. The number of hydrogen-bond donors (Lipinski definition) is 0. The van der Waals surface area contributed by atoms with Crippen LogP contribution in [0.1, 0.15) is 50.0 Å². The summed E-state index contributed by atoms with van der Waals surface area (Å²) in [7, 11) is -0.248. The van der Waals surface area contributed by atoms with Gasteiger partial charge in [-0.25, -0.2) is 0 Å². The fourth-order valence-electron chi connectivity index (χ4n) is 2.98. The van der Waals surface area contributed by atoms with Crippen LogP contribution in [0.2, 0.25) is 0 Å². The Kier molecular flexibility index (Phi) is 4.76. The van der Waals surface area contributed by atoms with Gasteiger partial charge in [0.1, 0.15) is 0 Å². The third-order valence-electron chi connectivity index (χ3n) is 3.83. The molecule has 1 aromatic carbocycles. The van der Waals surface area contributed by atoms with Gasteiger partial charge >= 0.3 is 8.46 Å². The largest absolute Gasteiger partial charge is 0.336 e. The van der Waals surface area contributed by atoms with Gasteiger partial charge in [0.15, 0.2) is 5.16 Å². The first-order chi connectivity index (χ1) is 9.18. The van der Waals surface area contributed by atoms with Crippen LogP contribution in [0.3, 0.4) is 0 Å². The molecular weight excluding hydrogens is 271 g/mol. The van der Waals surface area contributed by atoms with E-state index in [0.29, 0.717) is 0 Å². The molecule has 1 unspecified atom stereocenters. The third kappa shape index (κ3) is 2.61. The highest BCUT2D eigenvalue weighted by atomic mass is 32.1. The van der Waals surface area contributed by atoms with Crippen LogP contribution in [0, 0.1) is 6.92 Å². The Morgan fingerprint density at radius 3 is 2.32 bits per heavy atom. The van der Waals surface area contributed by atoms with Gasteiger partial charge in [-0.2, -0.15) is 0 Å². The first kappa shape index (κ1) is 14.7. The molecule has 0 aliphatic carbocycles. The number of aryl methyl sites for hydroxylation is 1. The number of rotatable bonds is 6. The monoisotopic (exact) mass is 293 g/mol. The first-order valence-corrected chi connectivity index (χ1v) is 8.79. The minimum absolute atomic E-state index is 0.114. The fraction of sp³-hybridized carbons (Fsp3) is 0.500. The van der Waals surface area contributed by atoms with E-state index in [0.717, 1.165) is 25.7 Å². The summed E-state index contributed by atoms with van der Waals surface area (Å²) in [6, 6.07) is 8.53.